The van der Waals surface area contributed by atoms with Gasteiger partial charge in [-0.15, -0.1) is 0 Å². The lowest BCUT2D eigenvalue weighted by molar-refractivity contribution is 0.305. The largest absolute Gasteiger partial charge is 0.494 e. The summed E-state index contributed by atoms with van der Waals surface area (Å²) in [6, 6.07) is 7.68. The van der Waals surface area contributed by atoms with Gasteiger partial charge in [-0.3, -0.25) is 0 Å². The Bertz CT molecular complexity index is 348. The van der Waals surface area contributed by atoms with E-state index in [4.69, 9.17) is 9.84 Å². The molecule has 0 fully saturated rings. The van der Waals surface area contributed by atoms with Gasteiger partial charge in [-0.1, -0.05) is 27.8 Å². The van der Waals surface area contributed by atoms with Gasteiger partial charge in [-0.25, -0.2) is 0 Å². The Balaban J connectivity index is 2.45. The van der Waals surface area contributed by atoms with E-state index in [1.165, 1.54) is 0 Å². The third kappa shape index (κ3) is 5.20. The SMILES string of the molecule is OCCC#Cc1ccc(OCCCBr)cc1. The average molecular weight is 283 g/mol. The molecule has 1 aromatic carbocycles. The average Bonchev–Trinajstić information content (AvgIpc) is 2.32. The first kappa shape index (κ1) is 13.1. The van der Waals surface area contributed by atoms with Gasteiger partial charge in [0.15, 0.2) is 0 Å². The van der Waals surface area contributed by atoms with Gasteiger partial charge in [-0.2, -0.15) is 0 Å². The van der Waals surface area contributed by atoms with Crippen molar-refractivity contribution in [3.8, 4) is 17.6 Å². The van der Waals surface area contributed by atoms with E-state index in [0.717, 1.165) is 29.7 Å². The number of hydrogen-bond donors (Lipinski definition) is 1. The van der Waals surface area contributed by atoms with Crippen LogP contribution in [0.1, 0.15) is 18.4 Å². The van der Waals surface area contributed by atoms with Crippen molar-refractivity contribution in [3.63, 3.8) is 0 Å². The van der Waals surface area contributed by atoms with Crippen LogP contribution in [0.5, 0.6) is 5.75 Å². The second-order valence-electron chi connectivity index (χ2n) is 3.19. The minimum absolute atomic E-state index is 0.112. The van der Waals surface area contributed by atoms with E-state index >= 15 is 0 Å². The van der Waals surface area contributed by atoms with Crippen LogP contribution in [-0.4, -0.2) is 23.7 Å². The fourth-order valence-corrected chi connectivity index (χ4v) is 1.33. The van der Waals surface area contributed by atoms with Crippen LogP contribution >= 0.6 is 15.9 Å². The number of aliphatic hydroxyl groups excluding tert-OH is 1. The van der Waals surface area contributed by atoms with E-state index in [1.54, 1.807) is 0 Å². The van der Waals surface area contributed by atoms with E-state index in [9.17, 15) is 0 Å². The molecule has 1 rings (SSSR count). The summed E-state index contributed by atoms with van der Waals surface area (Å²) >= 11 is 3.35. The third-order valence-corrected chi connectivity index (χ3v) is 2.43. The maximum atomic E-state index is 8.58. The van der Waals surface area contributed by atoms with Gasteiger partial charge < -0.3 is 9.84 Å². The van der Waals surface area contributed by atoms with Crippen LogP contribution in [0.25, 0.3) is 0 Å². The predicted octanol–water partition coefficient (Wildman–Crippen LogP) is 2.58. The van der Waals surface area contributed by atoms with E-state index in [0.29, 0.717) is 6.42 Å². The molecular formula is C13H15BrO2. The fourth-order valence-electron chi connectivity index (χ4n) is 1.10. The molecule has 0 amide bonds. The first-order valence-corrected chi connectivity index (χ1v) is 6.37. The number of rotatable bonds is 5. The van der Waals surface area contributed by atoms with E-state index in [1.807, 2.05) is 24.3 Å². The molecule has 0 spiro atoms. The van der Waals surface area contributed by atoms with Crippen molar-refractivity contribution in [2.24, 2.45) is 0 Å². The lowest BCUT2D eigenvalue weighted by Crippen LogP contribution is -1.97. The summed E-state index contributed by atoms with van der Waals surface area (Å²) in [5.74, 6) is 6.71. The molecule has 16 heavy (non-hydrogen) atoms. The van der Waals surface area contributed by atoms with Crippen molar-refractivity contribution in [2.75, 3.05) is 18.5 Å². The summed E-state index contributed by atoms with van der Waals surface area (Å²) in [4.78, 5) is 0. The molecule has 2 nitrogen and oxygen atoms in total. The van der Waals surface area contributed by atoms with Crippen LogP contribution in [0.3, 0.4) is 0 Å². The summed E-state index contributed by atoms with van der Waals surface area (Å²) < 4.78 is 5.51. The highest BCUT2D eigenvalue weighted by Gasteiger charge is 1.93. The molecule has 0 saturated heterocycles. The first-order chi connectivity index (χ1) is 7.86. The maximum absolute atomic E-state index is 8.58. The van der Waals surface area contributed by atoms with E-state index in [2.05, 4.69) is 27.8 Å². The molecule has 0 radical (unpaired) electrons. The minimum Gasteiger partial charge on any atom is -0.494 e. The molecule has 0 aliphatic carbocycles. The van der Waals surface area contributed by atoms with Crippen LogP contribution in [0, 0.1) is 11.8 Å². The minimum atomic E-state index is 0.112. The molecule has 0 saturated carbocycles. The predicted molar refractivity (Wildman–Crippen MR) is 68.9 cm³/mol. The Hall–Kier alpha value is -0.980. The van der Waals surface area contributed by atoms with Gasteiger partial charge in [0.05, 0.1) is 13.2 Å². The van der Waals surface area contributed by atoms with Gasteiger partial charge >= 0.3 is 0 Å². The Morgan fingerprint density at radius 1 is 1.25 bits per heavy atom. The Morgan fingerprint density at radius 2 is 2.00 bits per heavy atom. The lowest BCUT2D eigenvalue weighted by Gasteiger charge is -2.04. The second kappa shape index (κ2) is 8.20. The summed E-state index contributed by atoms with van der Waals surface area (Å²) in [7, 11) is 0. The zero-order valence-corrected chi connectivity index (χ0v) is 10.7. The highest BCUT2D eigenvalue weighted by Crippen LogP contribution is 2.11. The molecule has 86 valence electrons. The summed E-state index contributed by atoms with van der Waals surface area (Å²) in [6.45, 7) is 0.835. The van der Waals surface area contributed by atoms with Crippen molar-refractivity contribution in [1.82, 2.24) is 0 Å². The number of ether oxygens (including phenoxy) is 1. The Kier molecular flexibility index (Phi) is 6.71. The topological polar surface area (TPSA) is 29.5 Å². The van der Waals surface area contributed by atoms with Crippen LogP contribution < -0.4 is 4.74 Å². The van der Waals surface area contributed by atoms with Gasteiger partial charge in [-0.05, 0) is 30.7 Å². The molecule has 0 heterocycles. The highest BCUT2D eigenvalue weighted by atomic mass is 79.9. The number of hydrogen-bond acceptors (Lipinski definition) is 2. The molecule has 3 heteroatoms. The molecule has 0 aliphatic rings. The van der Waals surface area contributed by atoms with Crippen LogP contribution in [0.2, 0.25) is 0 Å². The smallest absolute Gasteiger partial charge is 0.119 e. The van der Waals surface area contributed by atoms with Crippen molar-refractivity contribution in [1.29, 1.82) is 0 Å². The van der Waals surface area contributed by atoms with Crippen LogP contribution in [0.15, 0.2) is 24.3 Å². The standard InChI is InChI=1S/C13H15BrO2/c14-9-3-11-16-13-7-5-12(6-8-13)4-1-2-10-15/h5-8,15H,2-3,9-11H2. The van der Waals surface area contributed by atoms with Crippen molar-refractivity contribution in [2.45, 2.75) is 12.8 Å². The van der Waals surface area contributed by atoms with Gasteiger partial charge in [0.1, 0.15) is 5.75 Å². The normalized spacial score (nSPS) is 9.38. The van der Waals surface area contributed by atoms with Gasteiger partial charge in [0.2, 0.25) is 0 Å². The van der Waals surface area contributed by atoms with Gasteiger partial charge in [0, 0.05) is 17.3 Å². The van der Waals surface area contributed by atoms with E-state index in [-0.39, 0.29) is 6.61 Å². The lowest BCUT2D eigenvalue weighted by atomic mass is 10.2. The van der Waals surface area contributed by atoms with Crippen LogP contribution in [0.4, 0.5) is 0 Å². The summed E-state index contributed by atoms with van der Waals surface area (Å²) in [5.41, 5.74) is 0.946. The molecule has 0 aromatic heterocycles. The molecule has 0 bridgehead atoms. The zero-order chi connectivity index (χ0) is 11.6. The third-order valence-electron chi connectivity index (χ3n) is 1.87. The molecule has 1 aromatic rings. The highest BCUT2D eigenvalue weighted by molar-refractivity contribution is 9.09. The van der Waals surface area contributed by atoms with Crippen molar-refractivity contribution >= 4 is 15.9 Å². The Labute approximate surface area is 105 Å². The zero-order valence-electron chi connectivity index (χ0n) is 9.08. The molecule has 0 atom stereocenters. The number of halogens is 1. The van der Waals surface area contributed by atoms with Crippen molar-refractivity contribution < 1.29 is 9.84 Å². The summed E-state index contributed by atoms with van der Waals surface area (Å²) in [5, 5.41) is 9.54. The summed E-state index contributed by atoms with van der Waals surface area (Å²) in [6.07, 6.45) is 1.52. The number of aliphatic hydroxyl groups is 1. The van der Waals surface area contributed by atoms with Crippen LogP contribution in [-0.2, 0) is 0 Å². The molecule has 1 N–H and O–H groups in total. The van der Waals surface area contributed by atoms with E-state index < -0.39 is 0 Å². The maximum Gasteiger partial charge on any atom is 0.119 e. The number of alkyl halides is 1. The molecule has 0 unspecified atom stereocenters. The quantitative estimate of drug-likeness (QED) is 0.511. The Morgan fingerprint density at radius 3 is 2.62 bits per heavy atom. The number of benzene rings is 1. The van der Waals surface area contributed by atoms with Crippen molar-refractivity contribution in [3.05, 3.63) is 29.8 Å². The fraction of sp³-hybridized carbons (Fsp3) is 0.385. The van der Waals surface area contributed by atoms with Gasteiger partial charge in [0.25, 0.3) is 0 Å². The first-order valence-electron chi connectivity index (χ1n) is 5.25. The monoisotopic (exact) mass is 282 g/mol. The second-order valence-corrected chi connectivity index (χ2v) is 3.98. The molecular weight excluding hydrogens is 268 g/mol. The molecule has 0 aliphatic heterocycles.